The molecule has 2 aliphatic carbocycles. The van der Waals surface area contributed by atoms with Crippen molar-refractivity contribution in [2.24, 2.45) is 17.8 Å². The van der Waals surface area contributed by atoms with Crippen molar-refractivity contribution in [3.63, 3.8) is 0 Å². The van der Waals surface area contributed by atoms with Gasteiger partial charge in [-0.2, -0.15) is 0 Å². The number of halogens is 2. The molecule has 0 spiro atoms. The molecule has 4 rings (SSSR count). The highest BCUT2D eigenvalue weighted by atomic mass is 19.1. The van der Waals surface area contributed by atoms with Crippen LogP contribution in [-0.2, 0) is 0 Å². The van der Waals surface area contributed by atoms with Crippen LogP contribution in [0.15, 0.2) is 49.1 Å². The summed E-state index contributed by atoms with van der Waals surface area (Å²) in [5.74, 6) is 2.12. The number of fused-ring (bicyclic) bond motifs is 1. The maximum absolute atomic E-state index is 14.9. The van der Waals surface area contributed by atoms with Crippen LogP contribution in [0.4, 0.5) is 8.78 Å². The summed E-state index contributed by atoms with van der Waals surface area (Å²) < 4.78 is 28.8. The molecule has 27 heavy (non-hydrogen) atoms. The summed E-state index contributed by atoms with van der Waals surface area (Å²) in [4.78, 5) is 0. The zero-order chi connectivity index (χ0) is 19.0. The van der Waals surface area contributed by atoms with Gasteiger partial charge in [0.1, 0.15) is 11.6 Å². The van der Waals surface area contributed by atoms with Gasteiger partial charge in [-0.3, -0.25) is 0 Å². The minimum Gasteiger partial charge on any atom is -0.207 e. The van der Waals surface area contributed by atoms with Crippen molar-refractivity contribution in [1.82, 2.24) is 0 Å². The smallest absolute Gasteiger partial charge is 0.127 e. The molecule has 0 heterocycles. The van der Waals surface area contributed by atoms with Crippen LogP contribution in [0.3, 0.4) is 0 Å². The summed E-state index contributed by atoms with van der Waals surface area (Å²) in [5.41, 5.74) is 2.93. The lowest BCUT2D eigenvalue weighted by molar-refractivity contribution is 0.132. The molecule has 4 unspecified atom stereocenters. The van der Waals surface area contributed by atoms with E-state index in [1.54, 1.807) is 19.1 Å². The predicted molar refractivity (Wildman–Crippen MR) is 108 cm³/mol. The molecule has 0 aromatic heterocycles. The van der Waals surface area contributed by atoms with E-state index in [4.69, 9.17) is 0 Å². The molecule has 4 atom stereocenters. The Labute approximate surface area is 161 Å². The van der Waals surface area contributed by atoms with E-state index in [9.17, 15) is 8.78 Å². The zero-order valence-corrected chi connectivity index (χ0v) is 16.1. The Balaban J connectivity index is 1.51. The monoisotopic (exact) mass is 366 g/mol. The number of hydrogen-bond donors (Lipinski definition) is 0. The highest BCUT2D eigenvalue weighted by Crippen LogP contribution is 2.48. The van der Waals surface area contributed by atoms with Crippen molar-refractivity contribution in [3.05, 3.63) is 71.8 Å². The van der Waals surface area contributed by atoms with Gasteiger partial charge < -0.3 is 0 Å². The van der Waals surface area contributed by atoms with E-state index in [-0.39, 0.29) is 11.6 Å². The van der Waals surface area contributed by atoms with Crippen LogP contribution in [-0.4, -0.2) is 0 Å². The molecule has 0 radical (unpaired) electrons. The fraction of sp³-hybridized carbons (Fsp3) is 0.440. The van der Waals surface area contributed by atoms with Gasteiger partial charge in [0.25, 0.3) is 0 Å². The Morgan fingerprint density at radius 1 is 0.852 bits per heavy atom. The van der Waals surface area contributed by atoms with Gasteiger partial charge in [-0.25, -0.2) is 8.78 Å². The molecule has 2 aromatic carbocycles. The van der Waals surface area contributed by atoms with Crippen LogP contribution in [0, 0.1) is 36.3 Å². The van der Waals surface area contributed by atoms with E-state index in [0.29, 0.717) is 17.4 Å². The van der Waals surface area contributed by atoms with E-state index in [2.05, 4.69) is 12.7 Å². The molecule has 2 aromatic rings. The minimum absolute atomic E-state index is 0.142. The maximum atomic E-state index is 14.9. The summed E-state index contributed by atoms with van der Waals surface area (Å²) in [5, 5.41) is 0. The molecule has 2 fully saturated rings. The van der Waals surface area contributed by atoms with Crippen LogP contribution in [0.25, 0.3) is 11.1 Å². The third kappa shape index (κ3) is 3.72. The second-order valence-electron chi connectivity index (χ2n) is 8.54. The Kier molecular flexibility index (Phi) is 5.16. The second-order valence-corrected chi connectivity index (χ2v) is 8.54. The van der Waals surface area contributed by atoms with Crippen molar-refractivity contribution in [3.8, 4) is 11.1 Å². The van der Waals surface area contributed by atoms with Crippen LogP contribution >= 0.6 is 0 Å². The molecule has 0 N–H and O–H groups in total. The SMILES string of the molecule is C=CC1CCC2CC(c3ccc(-c4ccc(C)c(F)c4)cc3F)CCC2C1. The summed E-state index contributed by atoms with van der Waals surface area (Å²) in [6.07, 6.45) is 9.24. The van der Waals surface area contributed by atoms with Gasteiger partial charge in [-0.15, -0.1) is 6.58 Å². The first-order valence-corrected chi connectivity index (χ1v) is 10.2. The lowest BCUT2D eigenvalue weighted by atomic mass is 9.64. The average Bonchev–Trinajstić information content (AvgIpc) is 2.69. The van der Waals surface area contributed by atoms with Crippen LogP contribution < -0.4 is 0 Å². The van der Waals surface area contributed by atoms with Gasteiger partial charge in [0.2, 0.25) is 0 Å². The topological polar surface area (TPSA) is 0 Å². The minimum atomic E-state index is -0.245. The van der Waals surface area contributed by atoms with E-state index in [1.165, 1.54) is 31.7 Å². The Hall–Kier alpha value is -1.96. The molecule has 2 saturated carbocycles. The number of benzene rings is 2. The Morgan fingerprint density at radius 2 is 1.52 bits per heavy atom. The van der Waals surface area contributed by atoms with Gasteiger partial charge >= 0.3 is 0 Å². The summed E-state index contributed by atoms with van der Waals surface area (Å²) >= 11 is 0. The molecule has 0 bridgehead atoms. The normalized spacial score (nSPS) is 27.8. The molecule has 142 valence electrons. The van der Waals surface area contributed by atoms with Crippen LogP contribution in [0.1, 0.15) is 55.6 Å². The molecular weight excluding hydrogens is 338 g/mol. The molecule has 2 aliphatic rings. The third-order valence-corrected chi connectivity index (χ3v) is 6.93. The molecule has 2 heteroatoms. The Bertz CT molecular complexity index is 838. The van der Waals surface area contributed by atoms with Crippen molar-refractivity contribution >= 4 is 0 Å². The number of aryl methyl sites for hydroxylation is 1. The lowest BCUT2D eigenvalue weighted by Gasteiger charge is -2.41. The van der Waals surface area contributed by atoms with E-state index in [0.717, 1.165) is 41.4 Å². The summed E-state index contributed by atoms with van der Waals surface area (Å²) in [6.45, 7) is 5.70. The van der Waals surface area contributed by atoms with Gasteiger partial charge in [0, 0.05) is 0 Å². The lowest BCUT2D eigenvalue weighted by Crippen LogP contribution is -2.30. The zero-order valence-electron chi connectivity index (χ0n) is 16.1. The van der Waals surface area contributed by atoms with Gasteiger partial charge in [-0.1, -0.05) is 30.3 Å². The van der Waals surface area contributed by atoms with Crippen molar-refractivity contribution in [2.45, 2.75) is 51.4 Å². The highest BCUT2D eigenvalue weighted by molar-refractivity contribution is 5.64. The first-order valence-electron chi connectivity index (χ1n) is 10.2. The number of allylic oxidation sites excluding steroid dienone is 1. The van der Waals surface area contributed by atoms with Crippen molar-refractivity contribution in [1.29, 1.82) is 0 Å². The van der Waals surface area contributed by atoms with Crippen molar-refractivity contribution in [2.75, 3.05) is 0 Å². The quantitative estimate of drug-likeness (QED) is 0.496. The average molecular weight is 366 g/mol. The highest BCUT2D eigenvalue weighted by Gasteiger charge is 2.35. The van der Waals surface area contributed by atoms with Gasteiger partial charge in [0.05, 0.1) is 0 Å². The number of hydrogen-bond acceptors (Lipinski definition) is 0. The van der Waals surface area contributed by atoms with Gasteiger partial charge in [-0.05, 0) is 104 Å². The first kappa shape index (κ1) is 18.4. The van der Waals surface area contributed by atoms with E-state index < -0.39 is 0 Å². The second kappa shape index (κ2) is 7.58. The largest absolute Gasteiger partial charge is 0.207 e. The molecule has 0 nitrogen and oxygen atoms in total. The summed E-state index contributed by atoms with van der Waals surface area (Å²) in [6, 6.07) is 10.6. The summed E-state index contributed by atoms with van der Waals surface area (Å²) in [7, 11) is 0. The predicted octanol–water partition coefficient (Wildman–Crippen LogP) is 7.43. The van der Waals surface area contributed by atoms with Crippen LogP contribution in [0.5, 0.6) is 0 Å². The van der Waals surface area contributed by atoms with Crippen LogP contribution in [0.2, 0.25) is 0 Å². The van der Waals surface area contributed by atoms with E-state index in [1.807, 2.05) is 18.2 Å². The first-order chi connectivity index (χ1) is 13.0. The molecular formula is C25H28F2. The van der Waals surface area contributed by atoms with E-state index >= 15 is 0 Å². The molecule has 0 aliphatic heterocycles. The fourth-order valence-corrected chi connectivity index (χ4v) is 5.23. The number of rotatable bonds is 3. The molecule has 0 saturated heterocycles. The molecule has 0 amide bonds. The van der Waals surface area contributed by atoms with Gasteiger partial charge in [0.15, 0.2) is 0 Å². The Morgan fingerprint density at radius 3 is 2.22 bits per heavy atom. The maximum Gasteiger partial charge on any atom is 0.127 e. The van der Waals surface area contributed by atoms with Crippen molar-refractivity contribution < 1.29 is 8.78 Å². The third-order valence-electron chi connectivity index (χ3n) is 6.93. The standard InChI is InChI=1S/C25H28F2/c1-3-17-5-7-19-13-22(9-8-18(19)12-17)23-11-10-21(15-25(23)27)20-6-4-16(2)24(26)14-20/h3-4,6,10-11,14-15,17-19,22H,1,5,7-9,12-13H2,2H3. The fourth-order valence-electron chi connectivity index (χ4n) is 5.23.